The fourth-order valence-electron chi connectivity index (χ4n) is 4.90. The Hall–Kier alpha value is -0.980. The van der Waals surface area contributed by atoms with E-state index in [2.05, 4.69) is 39.8 Å². The van der Waals surface area contributed by atoms with Crippen molar-refractivity contribution in [3.05, 3.63) is 28.8 Å². The van der Waals surface area contributed by atoms with Crippen LogP contribution in [0, 0.1) is 30.6 Å². The number of aryl methyl sites for hydroxylation is 1. The molecule has 0 radical (unpaired) electrons. The molecule has 19 heavy (non-hydrogen) atoms. The lowest BCUT2D eigenvalue weighted by Gasteiger charge is -2.40. The Morgan fingerprint density at radius 2 is 1.84 bits per heavy atom. The van der Waals surface area contributed by atoms with Gasteiger partial charge in [-0.2, -0.15) is 0 Å². The lowest BCUT2D eigenvalue weighted by Crippen LogP contribution is -2.31. The van der Waals surface area contributed by atoms with Crippen LogP contribution in [0.25, 0.3) is 0 Å². The Balaban J connectivity index is 2.09. The Morgan fingerprint density at radius 1 is 1.16 bits per heavy atom. The van der Waals surface area contributed by atoms with Crippen molar-refractivity contribution in [1.29, 1.82) is 0 Å². The van der Waals surface area contributed by atoms with E-state index in [0.717, 1.165) is 17.0 Å². The van der Waals surface area contributed by atoms with Crippen molar-refractivity contribution < 1.29 is 5.11 Å². The Labute approximate surface area is 117 Å². The molecule has 3 unspecified atom stereocenters. The van der Waals surface area contributed by atoms with E-state index < -0.39 is 0 Å². The fourth-order valence-corrected chi connectivity index (χ4v) is 4.90. The van der Waals surface area contributed by atoms with Gasteiger partial charge in [0.25, 0.3) is 0 Å². The number of hydrogen-bond donors (Lipinski definition) is 1. The molecule has 0 amide bonds. The molecule has 1 aromatic carbocycles. The van der Waals surface area contributed by atoms with Crippen LogP contribution in [-0.4, -0.2) is 5.11 Å². The minimum atomic E-state index is 0.393. The van der Waals surface area contributed by atoms with E-state index in [0.29, 0.717) is 22.5 Å². The Kier molecular flexibility index (Phi) is 2.59. The first-order valence-electron chi connectivity index (χ1n) is 7.58. The second-order valence-corrected chi connectivity index (χ2v) is 7.61. The van der Waals surface area contributed by atoms with Gasteiger partial charge >= 0.3 is 0 Å². The lowest BCUT2D eigenvalue weighted by atomic mass is 9.64. The molecule has 3 rings (SSSR count). The highest BCUT2D eigenvalue weighted by molar-refractivity contribution is 5.47. The molecule has 2 bridgehead atoms. The van der Waals surface area contributed by atoms with Gasteiger partial charge in [-0.3, -0.25) is 0 Å². The van der Waals surface area contributed by atoms with Gasteiger partial charge in [-0.05, 0) is 72.5 Å². The van der Waals surface area contributed by atoms with Crippen molar-refractivity contribution in [2.24, 2.45) is 16.7 Å². The monoisotopic (exact) mass is 258 g/mol. The summed E-state index contributed by atoms with van der Waals surface area (Å²) in [5.41, 5.74) is 4.32. The van der Waals surface area contributed by atoms with E-state index in [1.165, 1.54) is 24.8 Å². The Bertz CT molecular complexity index is 529. The zero-order valence-electron chi connectivity index (χ0n) is 12.9. The molecule has 2 fully saturated rings. The van der Waals surface area contributed by atoms with Crippen molar-refractivity contribution in [3.8, 4) is 5.75 Å². The molecule has 2 saturated carbocycles. The largest absolute Gasteiger partial charge is 0.507 e. The van der Waals surface area contributed by atoms with Gasteiger partial charge in [0, 0.05) is 0 Å². The van der Waals surface area contributed by atoms with Crippen molar-refractivity contribution in [1.82, 2.24) is 0 Å². The highest BCUT2D eigenvalue weighted by Crippen LogP contribution is 2.71. The molecule has 0 aromatic heterocycles. The first kappa shape index (κ1) is 13.0. The van der Waals surface area contributed by atoms with Crippen LogP contribution in [0.3, 0.4) is 0 Å². The summed E-state index contributed by atoms with van der Waals surface area (Å²) in [6, 6.07) is 4.34. The maximum atomic E-state index is 10.2. The van der Waals surface area contributed by atoms with Crippen molar-refractivity contribution in [2.45, 2.75) is 59.8 Å². The maximum Gasteiger partial charge on any atom is 0.121 e. The average molecular weight is 258 g/mol. The van der Waals surface area contributed by atoms with Gasteiger partial charge in [0.15, 0.2) is 0 Å². The lowest BCUT2D eigenvalue weighted by molar-refractivity contribution is 0.134. The van der Waals surface area contributed by atoms with Gasteiger partial charge in [-0.15, -0.1) is 0 Å². The highest BCUT2D eigenvalue weighted by Gasteiger charge is 2.61. The van der Waals surface area contributed by atoms with Crippen LogP contribution >= 0.6 is 0 Å². The van der Waals surface area contributed by atoms with Crippen molar-refractivity contribution in [3.63, 3.8) is 0 Å². The minimum Gasteiger partial charge on any atom is -0.507 e. The normalized spacial score (nSPS) is 35.8. The highest BCUT2D eigenvalue weighted by atomic mass is 16.3. The van der Waals surface area contributed by atoms with E-state index in [1.807, 2.05) is 6.92 Å². The smallest absolute Gasteiger partial charge is 0.121 e. The maximum absolute atomic E-state index is 10.2. The van der Waals surface area contributed by atoms with Crippen LogP contribution in [0.5, 0.6) is 5.75 Å². The number of hydrogen-bond acceptors (Lipinski definition) is 1. The summed E-state index contributed by atoms with van der Waals surface area (Å²) in [7, 11) is 0. The standard InChI is InChI=1S/C18H26O/c1-11-6-7-14(12(2)16(11)19)15-10-13-8-9-18(15,5)17(13,3)4/h6-7,13,15,19H,8-10H2,1-5H3. The van der Waals surface area contributed by atoms with Gasteiger partial charge in [0.05, 0.1) is 0 Å². The molecule has 1 nitrogen and oxygen atoms in total. The summed E-state index contributed by atoms with van der Waals surface area (Å²) in [5.74, 6) is 1.97. The molecule has 104 valence electrons. The summed E-state index contributed by atoms with van der Waals surface area (Å²) < 4.78 is 0. The number of aromatic hydroxyl groups is 1. The van der Waals surface area contributed by atoms with Gasteiger partial charge in [0.1, 0.15) is 5.75 Å². The van der Waals surface area contributed by atoms with Crippen molar-refractivity contribution in [2.75, 3.05) is 0 Å². The van der Waals surface area contributed by atoms with Crippen LogP contribution in [0.4, 0.5) is 0 Å². The molecule has 0 saturated heterocycles. The van der Waals surface area contributed by atoms with E-state index in [4.69, 9.17) is 0 Å². The molecular formula is C18H26O. The van der Waals surface area contributed by atoms with E-state index in [1.54, 1.807) is 0 Å². The van der Waals surface area contributed by atoms with Crippen LogP contribution < -0.4 is 0 Å². The Morgan fingerprint density at radius 3 is 2.37 bits per heavy atom. The number of phenolic OH excluding ortho intramolecular Hbond substituents is 1. The second-order valence-electron chi connectivity index (χ2n) is 7.61. The molecule has 0 spiro atoms. The van der Waals surface area contributed by atoms with Crippen molar-refractivity contribution >= 4 is 0 Å². The van der Waals surface area contributed by atoms with Crippen LogP contribution in [0.1, 0.15) is 62.6 Å². The van der Waals surface area contributed by atoms with Gasteiger partial charge < -0.3 is 5.11 Å². The fraction of sp³-hybridized carbons (Fsp3) is 0.667. The van der Waals surface area contributed by atoms with E-state index >= 15 is 0 Å². The molecule has 1 heteroatoms. The zero-order valence-corrected chi connectivity index (χ0v) is 12.9. The molecular weight excluding hydrogens is 232 g/mol. The SMILES string of the molecule is Cc1ccc(C2CC3CCC2(C)C3(C)C)c(C)c1O. The molecule has 2 aliphatic rings. The third-order valence-corrected chi connectivity index (χ3v) is 6.84. The summed E-state index contributed by atoms with van der Waals surface area (Å²) in [6.07, 6.45) is 4.02. The van der Waals surface area contributed by atoms with Crippen LogP contribution in [-0.2, 0) is 0 Å². The van der Waals surface area contributed by atoms with E-state index in [-0.39, 0.29) is 0 Å². The summed E-state index contributed by atoms with van der Waals surface area (Å²) in [6.45, 7) is 11.4. The first-order valence-corrected chi connectivity index (χ1v) is 7.58. The van der Waals surface area contributed by atoms with Gasteiger partial charge in [-0.25, -0.2) is 0 Å². The summed E-state index contributed by atoms with van der Waals surface area (Å²) in [4.78, 5) is 0. The number of benzene rings is 1. The van der Waals surface area contributed by atoms with Crippen LogP contribution in [0.15, 0.2) is 12.1 Å². The number of rotatable bonds is 1. The zero-order chi connectivity index (χ0) is 14.0. The number of phenols is 1. The summed E-state index contributed by atoms with van der Waals surface area (Å²) >= 11 is 0. The molecule has 0 heterocycles. The van der Waals surface area contributed by atoms with Crippen LogP contribution in [0.2, 0.25) is 0 Å². The predicted octanol–water partition coefficient (Wildman–Crippen LogP) is 4.94. The van der Waals surface area contributed by atoms with Gasteiger partial charge in [0.2, 0.25) is 0 Å². The van der Waals surface area contributed by atoms with Gasteiger partial charge in [-0.1, -0.05) is 32.9 Å². The minimum absolute atomic E-state index is 0.393. The molecule has 1 aromatic rings. The molecule has 3 atom stereocenters. The topological polar surface area (TPSA) is 20.2 Å². The number of fused-ring (bicyclic) bond motifs is 2. The summed E-state index contributed by atoms with van der Waals surface area (Å²) in [5, 5.41) is 10.2. The molecule has 2 aliphatic carbocycles. The predicted molar refractivity (Wildman–Crippen MR) is 79.6 cm³/mol. The average Bonchev–Trinajstić information content (AvgIpc) is 2.69. The molecule has 0 aliphatic heterocycles. The third-order valence-electron chi connectivity index (χ3n) is 6.84. The quantitative estimate of drug-likeness (QED) is 0.756. The molecule has 1 N–H and O–H groups in total. The van der Waals surface area contributed by atoms with E-state index in [9.17, 15) is 5.11 Å². The first-order chi connectivity index (χ1) is 8.79. The third kappa shape index (κ3) is 1.48. The second kappa shape index (κ2) is 3.77.